The Bertz CT molecular complexity index is 627. The number of benzene rings is 2. The van der Waals surface area contributed by atoms with E-state index in [1.165, 1.54) is 16.3 Å². The second-order valence-electron chi connectivity index (χ2n) is 5.66. The van der Waals surface area contributed by atoms with E-state index in [-0.39, 0.29) is 0 Å². The fourth-order valence-electron chi connectivity index (χ4n) is 3.00. The number of hydrogen-bond donors (Lipinski definition) is 1. The molecule has 2 aromatic carbocycles. The first-order chi connectivity index (χ1) is 10.2. The summed E-state index contributed by atoms with van der Waals surface area (Å²) in [4.78, 5) is 5.44. The normalized spacial score (nSPS) is 17.1. The predicted octanol–water partition coefficient (Wildman–Crippen LogP) is 2.24. The van der Waals surface area contributed by atoms with Gasteiger partial charge in [0.05, 0.1) is 4.99 Å². The van der Waals surface area contributed by atoms with Crippen LogP contribution in [0.25, 0.3) is 10.8 Å². The quantitative estimate of drug-likeness (QED) is 0.878. The van der Waals surface area contributed by atoms with Crippen molar-refractivity contribution in [2.45, 2.75) is 6.54 Å². The minimum absolute atomic E-state index is 0.595. The Morgan fingerprint density at radius 1 is 0.952 bits per heavy atom. The Morgan fingerprint density at radius 2 is 1.62 bits per heavy atom. The van der Waals surface area contributed by atoms with Crippen molar-refractivity contribution in [2.75, 3.05) is 32.7 Å². The molecule has 1 aliphatic heterocycles. The predicted molar refractivity (Wildman–Crippen MR) is 92.5 cm³/mol. The summed E-state index contributed by atoms with van der Waals surface area (Å²) in [6.07, 6.45) is 0. The van der Waals surface area contributed by atoms with Crippen LogP contribution in [-0.2, 0) is 6.54 Å². The Hall–Kier alpha value is -1.49. The lowest BCUT2D eigenvalue weighted by molar-refractivity contribution is 0.140. The van der Waals surface area contributed by atoms with Crippen molar-refractivity contribution in [2.24, 2.45) is 5.73 Å². The Kier molecular flexibility index (Phi) is 4.48. The van der Waals surface area contributed by atoms with Gasteiger partial charge < -0.3 is 5.73 Å². The number of nitrogens with two attached hydrogens (primary N) is 1. The van der Waals surface area contributed by atoms with Gasteiger partial charge in [-0.3, -0.25) is 9.80 Å². The van der Waals surface area contributed by atoms with Crippen LogP contribution in [0, 0.1) is 0 Å². The van der Waals surface area contributed by atoms with Crippen LogP contribution in [0.4, 0.5) is 0 Å². The van der Waals surface area contributed by atoms with E-state index in [4.69, 9.17) is 18.0 Å². The van der Waals surface area contributed by atoms with Crippen LogP contribution >= 0.6 is 12.2 Å². The molecular formula is C17H21N3S. The molecule has 2 aromatic rings. The highest BCUT2D eigenvalue weighted by molar-refractivity contribution is 7.80. The maximum absolute atomic E-state index is 5.62. The minimum Gasteiger partial charge on any atom is -0.392 e. The molecule has 0 amide bonds. The summed E-state index contributed by atoms with van der Waals surface area (Å²) < 4.78 is 0. The van der Waals surface area contributed by atoms with E-state index in [9.17, 15) is 0 Å². The largest absolute Gasteiger partial charge is 0.392 e. The van der Waals surface area contributed by atoms with Crippen LogP contribution in [0.2, 0.25) is 0 Å². The zero-order valence-electron chi connectivity index (χ0n) is 12.2. The van der Waals surface area contributed by atoms with E-state index in [1.54, 1.807) is 0 Å². The van der Waals surface area contributed by atoms with Gasteiger partial charge in [-0.25, -0.2) is 0 Å². The van der Waals surface area contributed by atoms with Gasteiger partial charge in [0, 0.05) is 39.3 Å². The molecule has 110 valence electrons. The van der Waals surface area contributed by atoms with E-state index in [2.05, 4.69) is 52.3 Å². The number of rotatable bonds is 4. The van der Waals surface area contributed by atoms with Gasteiger partial charge in [0.15, 0.2) is 0 Å². The third-order valence-electron chi connectivity index (χ3n) is 4.12. The third kappa shape index (κ3) is 3.59. The van der Waals surface area contributed by atoms with Gasteiger partial charge in [0.2, 0.25) is 0 Å². The smallest absolute Gasteiger partial charge is 0.0870 e. The lowest BCUT2D eigenvalue weighted by Gasteiger charge is -2.34. The van der Waals surface area contributed by atoms with Crippen molar-refractivity contribution < 1.29 is 0 Å². The second kappa shape index (κ2) is 6.52. The summed E-state index contributed by atoms with van der Waals surface area (Å²) in [6, 6.07) is 15.2. The van der Waals surface area contributed by atoms with E-state index in [0.29, 0.717) is 4.99 Å². The van der Waals surface area contributed by atoms with Crippen molar-refractivity contribution in [3.63, 3.8) is 0 Å². The highest BCUT2D eigenvalue weighted by Gasteiger charge is 2.17. The molecule has 21 heavy (non-hydrogen) atoms. The van der Waals surface area contributed by atoms with E-state index < -0.39 is 0 Å². The van der Waals surface area contributed by atoms with Gasteiger partial charge in [0.1, 0.15) is 0 Å². The fourth-order valence-corrected chi connectivity index (χ4v) is 3.18. The summed E-state index contributed by atoms with van der Waals surface area (Å²) in [6.45, 7) is 6.00. The average molecular weight is 299 g/mol. The lowest BCUT2D eigenvalue weighted by Crippen LogP contribution is -2.48. The number of thiocarbonyl (C=S) groups is 1. The van der Waals surface area contributed by atoms with Gasteiger partial charge in [0.25, 0.3) is 0 Å². The Balaban J connectivity index is 1.66. The maximum atomic E-state index is 5.62. The molecule has 4 heteroatoms. The first kappa shape index (κ1) is 14.4. The van der Waals surface area contributed by atoms with Crippen LogP contribution in [0.1, 0.15) is 5.56 Å². The Labute approximate surface area is 131 Å². The van der Waals surface area contributed by atoms with Crippen molar-refractivity contribution in [3.8, 4) is 0 Å². The molecule has 0 spiro atoms. The van der Waals surface area contributed by atoms with E-state index in [0.717, 1.165) is 39.3 Å². The van der Waals surface area contributed by atoms with Gasteiger partial charge in [-0.2, -0.15) is 0 Å². The summed E-state index contributed by atoms with van der Waals surface area (Å²) >= 11 is 4.99. The van der Waals surface area contributed by atoms with E-state index >= 15 is 0 Å². The fraction of sp³-hybridized carbons (Fsp3) is 0.353. The van der Waals surface area contributed by atoms with Crippen molar-refractivity contribution in [3.05, 3.63) is 48.0 Å². The SMILES string of the molecule is NC(=S)CN1CCN(Cc2cccc3ccccc23)CC1. The van der Waals surface area contributed by atoms with Crippen molar-refractivity contribution in [1.29, 1.82) is 0 Å². The molecule has 0 radical (unpaired) electrons. The molecule has 1 aliphatic rings. The summed E-state index contributed by atoms with van der Waals surface area (Å²) in [5.74, 6) is 0. The zero-order chi connectivity index (χ0) is 14.7. The molecular weight excluding hydrogens is 278 g/mol. The number of hydrogen-bond acceptors (Lipinski definition) is 3. The molecule has 1 saturated heterocycles. The number of nitrogens with zero attached hydrogens (tertiary/aromatic N) is 2. The van der Waals surface area contributed by atoms with Crippen LogP contribution in [0.15, 0.2) is 42.5 Å². The molecule has 3 rings (SSSR count). The van der Waals surface area contributed by atoms with E-state index in [1.807, 2.05) is 0 Å². The maximum Gasteiger partial charge on any atom is 0.0870 e. The first-order valence-electron chi connectivity index (χ1n) is 7.42. The van der Waals surface area contributed by atoms with Crippen LogP contribution in [0.3, 0.4) is 0 Å². The third-order valence-corrected chi connectivity index (χ3v) is 4.25. The molecule has 0 unspecified atom stereocenters. The average Bonchev–Trinajstić information content (AvgIpc) is 2.49. The number of piperazine rings is 1. The highest BCUT2D eigenvalue weighted by Crippen LogP contribution is 2.20. The first-order valence-corrected chi connectivity index (χ1v) is 7.83. The summed E-state index contributed by atoms with van der Waals surface area (Å²) in [5, 5.41) is 2.69. The molecule has 3 nitrogen and oxygen atoms in total. The monoisotopic (exact) mass is 299 g/mol. The highest BCUT2D eigenvalue weighted by atomic mass is 32.1. The van der Waals surface area contributed by atoms with Gasteiger partial charge in [-0.15, -0.1) is 0 Å². The van der Waals surface area contributed by atoms with Crippen LogP contribution in [0.5, 0.6) is 0 Å². The van der Waals surface area contributed by atoms with Crippen molar-refractivity contribution in [1.82, 2.24) is 9.80 Å². The van der Waals surface area contributed by atoms with Crippen LogP contribution in [-0.4, -0.2) is 47.5 Å². The summed E-state index contributed by atoms with van der Waals surface area (Å²) in [7, 11) is 0. The molecule has 0 aromatic heterocycles. The summed E-state index contributed by atoms with van der Waals surface area (Å²) in [5.41, 5.74) is 7.03. The molecule has 1 fully saturated rings. The number of fused-ring (bicyclic) bond motifs is 1. The van der Waals surface area contributed by atoms with Gasteiger partial charge >= 0.3 is 0 Å². The molecule has 0 bridgehead atoms. The van der Waals surface area contributed by atoms with Crippen molar-refractivity contribution >= 4 is 28.0 Å². The topological polar surface area (TPSA) is 32.5 Å². The van der Waals surface area contributed by atoms with Crippen LogP contribution < -0.4 is 5.73 Å². The zero-order valence-corrected chi connectivity index (χ0v) is 13.0. The molecule has 0 aliphatic carbocycles. The lowest BCUT2D eigenvalue weighted by atomic mass is 10.0. The second-order valence-corrected chi connectivity index (χ2v) is 6.18. The van der Waals surface area contributed by atoms with Gasteiger partial charge in [-0.05, 0) is 16.3 Å². The molecule has 2 N–H and O–H groups in total. The minimum atomic E-state index is 0.595. The molecule has 1 heterocycles. The molecule has 0 atom stereocenters. The Morgan fingerprint density at radius 3 is 2.38 bits per heavy atom. The molecule has 0 saturated carbocycles. The van der Waals surface area contributed by atoms with Gasteiger partial charge in [-0.1, -0.05) is 54.7 Å². The standard InChI is InChI=1S/C17H21N3S/c18-17(21)13-20-10-8-19(9-11-20)12-15-6-3-5-14-4-1-2-7-16(14)15/h1-7H,8-13H2,(H2,18,21).